The molecular weight excluding hydrogens is 286 g/mol. The van der Waals surface area contributed by atoms with E-state index in [1.165, 1.54) is 5.56 Å². The number of carbonyl (C=O) groups is 1. The monoisotopic (exact) mass is 301 g/mol. The first kappa shape index (κ1) is 13.8. The number of nitrogens with two attached hydrogens (primary N) is 1. The molecule has 3 rings (SSSR count). The highest BCUT2D eigenvalue weighted by Gasteiger charge is 2.20. The number of hydrogen-bond donors (Lipinski definition) is 2. The van der Waals surface area contributed by atoms with Crippen LogP contribution >= 0.6 is 11.6 Å². The normalized spacial score (nSPS) is 13.1. The minimum Gasteiger partial charge on any atom is -0.399 e. The molecule has 0 aliphatic carbocycles. The molecule has 0 aromatic heterocycles. The predicted octanol–water partition coefficient (Wildman–Crippen LogP) is 2.92. The number of hydrogen-bond acceptors (Lipinski definition) is 3. The molecule has 0 radical (unpaired) electrons. The van der Waals surface area contributed by atoms with E-state index < -0.39 is 0 Å². The van der Waals surface area contributed by atoms with Crippen molar-refractivity contribution in [2.45, 2.75) is 6.42 Å². The molecule has 1 aliphatic heterocycles. The number of nitrogens with zero attached hydrogens (tertiary/aromatic N) is 1. The lowest BCUT2D eigenvalue weighted by atomic mass is 10.2. The van der Waals surface area contributed by atoms with Crippen LogP contribution in [0.3, 0.4) is 0 Å². The van der Waals surface area contributed by atoms with Crippen LogP contribution in [0.5, 0.6) is 0 Å². The Hall–Kier alpha value is -2.20. The van der Waals surface area contributed by atoms with Gasteiger partial charge in [-0.25, -0.2) is 0 Å². The third kappa shape index (κ3) is 2.95. The highest BCUT2D eigenvalue weighted by Crippen LogP contribution is 2.28. The van der Waals surface area contributed by atoms with Crippen molar-refractivity contribution in [2.75, 3.05) is 29.0 Å². The Morgan fingerprint density at radius 2 is 2.10 bits per heavy atom. The van der Waals surface area contributed by atoms with Crippen LogP contribution in [0.4, 0.5) is 17.1 Å². The summed E-state index contributed by atoms with van der Waals surface area (Å²) < 4.78 is 0. The predicted molar refractivity (Wildman–Crippen MR) is 86.9 cm³/mol. The van der Waals surface area contributed by atoms with Crippen LogP contribution in [0, 0.1) is 0 Å². The average Bonchev–Trinajstić information content (AvgIpc) is 2.85. The number of amides is 1. The Morgan fingerprint density at radius 1 is 1.29 bits per heavy atom. The molecule has 0 spiro atoms. The number of carbonyl (C=O) groups excluding carboxylic acids is 1. The number of anilines is 3. The van der Waals surface area contributed by atoms with E-state index in [1.54, 1.807) is 18.2 Å². The van der Waals surface area contributed by atoms with Gasteiger partial charge in [-0.05, 0) is 36.2 Å². The molecule has 1 amide bonds. The van der Waals surface area contributed by atoms with Gasteiger partial charge in [0.25, 0.3) is 0 Å². The topological polar surface area (TPSA) is 58.4 Å². The highest BCUT2D eigenvalue weighted by molar-refractivity contribution is 6.34. The molecule has 2 aromatic carbocycles. The molecule has 108 valence electrons. The van der Waals surface area contributed by atoms with E-state index in [0.717, 1.165) is 18.7 Å². The van der Waals surface area contributed by atoms with Gasteiger partial charge < -0.3 is 16.0 Å². The van der Waals surface area contributed by atoms with Crippen molar-refractivity contribution in [2.24, 2.45) is 0 Å². The van der Waals surface area contributed by atoms with E-state index in [0.29, 0.717) is 22.9 Å². The zero-order chi connectivity index (χ0) is 14.8. The van der Waals surface area contributed by atoms with Crippen molar-refractivity contribution >= 4 is 34.6 Å². The quantitative estimate of drug-likeness (QED) is 0.857. The van der Waals surface area contributed by atoms with Crippen molar-refractivity contribution in [3.8, 4) is 0 Å². The molecule has 4 nitrogen and oxygen atoms in total. The van der Waals surface area contributed by atoms with Gasteiger partial charge in [0.15, 0.2) is 0 Å². The third-order valence-electron chi connectivity index (χ3n) is 3.59. The molecule has 1 heterocycles. The smallest absolute Gasteiger partial charge is 0.243 e. The maximum Gasteiger partial charge on any atom is 0.243 e. The van der Waals surface area contributed by atoms with Crippen LogP contribution in [-0.4, -0.2) is 19.0 Å². The summed E-state index contributed by atoms with van der Waals surface area (Å²) in [7, 11) is 0. The lowest BCUT2D eigenvalue weighted by molar-refractivity contribution is -0.115. The molecule has 0 unspecified atom stereocenters. The van der Waals surface area contributed by atoms with Crippen molar-refractivity contribution in [3.05, 3.63) is 53.1 Å². The lowest BCUT2D eigenvalue weighted by Gasteiger charge is -2.19. The average molecular weight is 302 g/mol. The van der Waals surface area contributed by atoms with Crippen molar-refractivity contribution < 1.29 is 4.79 Å². The van der Waals surface area contributed by atoms with E-state index in [9.17, 15) is 4.79 Å². The van der Waals surface area contributed by atoms with Crippen molar-refractivity contribution in [1.82, 2.24) is 0 Å². The summed E-state index contributed by atoms with van der Waals surface area (Å²) >= 11 is 6.06. The number of rotatable bonds is 3. The summed E-state index contributed by atoms with van der Waals surface area (Å²) in [6, 6.07) is 13.2. The fraction of sp³-hybridized carbons (Fsp3) is 0.188. The molecule has 2 aromatic rings. The summed E-state index contributed by atoms with van der Waals surface area (Å²) in [4.78, 5) is 14.3. The summed E-state index contributed by atoms with van der Waals surface area (Å²) in [6.45, 7) is 1.18. The van der Waals surface area contributed by atoms with Gasteiger partial charge in [0.05, 0.1) is 17.3 Å². The fourth-order valence-corrected chi connectivity index (χ4v) is 2.80. The Balaban J connectivity index is 1.68. The SMILES string of the molecule is Nc1ccc(NC(=O)CN2CCc3ccccc32)c(Cl)c1. The lowest BCUT2D eigenvalue weighted by Crippen LogP contribution is -2.31. The van der Waals surface area contributed by atoms with E-state index in [-0.39, 0.29) is 5.91 Å². The molecule has 0 fully saturated rings. The summed E-state index contributed by atoms with van der Waals surface area (Å²) in [5.41, 5.74) is 9.22. The largest absolute Gasteiger partial charge is 0.399 e. The fourth-order valence-electron chi connectivity index (χ4n) is 2.57. The van der Waals surface area contributed by atoms with Gasteiger partial charge >= 0.3 is 0 Å². The number of halogens is 1. The summed E-state index contributed by atoms with van der Waals surface area (Å²) in [5, 5.41) is 3.28. The van der Waals surface area contributed by atoms with Crippen LogP contribution < -0.4 is 16.0 Å². The standard InChI is InChI=1S/C16H16ClN3O/c17-13-9-12(18)5-6-14(13)19-16(21)10-20-8-7-11-3-1-2-4-15(11)20/h1-6,9H,7-8,10,18H2,(H,19,21). The van der Waals surface area contributed by atoms with Gasteiger partial charge in [-0.2, -0.15) is 0 Å². The van der Waals surface area contributed by atoms with Gasteiger partial charge in [0, 0.05) is 17.9 Å². The maximum atomic E-state index is 12.2. The Kier molecular flexibility index (Phi) is 3.71. The second kappa shape index (κ2) is 5.66. The molecule has 5 heteroatoms. The molecule has 0 saturated heterocycles. The van der Waals surface area contributed by atoms with Gasteiger partial charge in [-0.1, -0.05) is 29.8 Å². The van der Waals surface area contributed by atoms with Crippen LogP contribution in [0.25, 0.3) is 0 Å². The molecule has 0 atom stereocenters. The van der Waals surface area contributed by atoms with Crippen molar-refractivity contribution in [1.29, 1.82) is 0 Å². The van der Waals surface area contributed by atoms with Gasteiger partial charge in [0.2, 0.25) is 5.91 Å². The first-order valence-electron chi connectivity index (χ1n) is 6.81. The molecule has 1 aliphatic rings. The molecular formula is C16H16ClN3O. The Bertz CT molecular complexity index is 687. The highest BCUT2D eigenvalue weighted by atomic mass is 35.5. The third-order valence-corrected chi connectivity index (χ3v) is 3.90. The number of nitrogens with one attached hydrogen (secondary N) is 1. The number of nitrogen functional groups attached to an aromatic ring is 1. The summed E-state index contributed by atoms with van der Waals surface area (Å²) in [6.07, 6.45) is 0.978. The first-order chi connectivity index (χ1) is 10.1. The van der Waals surface area contributed by atoms with Gasteiger partial charge in [-0.15, -0.1) is 0 Å². The van der Waals surface area contributed by atoms with Crippen molar-refractivity contribution in [3.63, 3.8) is 0 Å². The molecule has 3 N–H and O–H groups in total. The first-order valence-corrected chi connectivity index (χ1v) is 7.19. The maximum absolute atomic E-state index is 12.2. The zero-order valence-corrected chi connectivity index (χ0v) is 12.2. The minimum absolute atomic E-state index is 0.0848. The van der Waals surface area contributed by atoms with E-state index in [4.69, 9.17) is 17.3 Å². The second-order valence-corrected chi connectivity index (χ2v) is 5.49. The molecule has 0 saturated carbocycles. The molecule has 0 bridgehead atoms. The second-order valence-electron chi connectivity index (χ2n) is 5.09. The van der Waals surface area contributed by atoms with Gasteiger partial charge in [0.1, 0.15) is 0 Å². The van der Waals surface area contributed by atoms with Crippen LogP contribution in [-0.2, 0) is 11.2 Å². The molecule has 21 heavy (non-hydrogen) atoms. The summed E-state index contributed by atoms with van der Waals surface area (Å²) in [5.74, 6) is -0.0848. The number of benzene rings is 2. The van der Waals surface area contributed by atoms with Gasteiger partial charge in [-0.3, -0.25) is 4.79 Å². The van der Waals surface area contributed by atoms with Crippen LogP contribution in [0.15, 0.2) is 42.5 Å². The Morgan fingerprint density at radius 3 is 2.90 bits per heavy atom. The number of fused-ring (bicyclic) bond motifs is 1. The van der Waals surface area contributed by atoms with E-state index in [1.807, 2.05) is 18.2 Å². The zero-order valence-electron chi connectivity index (χ0n) is 11.5. The Labute approximate surface area is 128 Å². The van der Waals surface area contributed by atoms with Crippen LogP contribution in [0.2, 0.25) is 5.02 Å². The number of para-hydroxylation sites is 1. The van der Waals surface area contributed by atoms with E-state index in [2.05, 4.69) is 16.3 Å². The van der Waals surface area contributed by atoms with Crippen LogP contribution in [0.1, 0.15) is 5.56 Å². The van der Waals surface area contributed by atoms with E-state index >= 15 is 0 Å². The minimum atomic E-state index is -0.0848.